The molecule has 1 N–H and O–H groups in total. The lowest BCUT2D eigenvalue weighted by Crippen LogP contribution is -2.23. The Hall–Kier alpha value is -3.58. The van der Waals surface area contributed by atoms with Crippen molar-refractivity contribution in [2.75, 3.05) is 11.6 Å². The van der Waals surface area contributed by atoms with Crippen molar-refractivity contribution < 1.29 is 22.8 Å². The molecule has 0 bridgehead atoms. The van der Waals surface area contributed by atoms with Gasteiger partial charge < -0.3 is 5.32 Å². The number of carbonyl (C=O) groups excluding carboxylic acids is 3. The van der Waals surface area contributed by atoms with Gasteiger partial charge in [-0.05, 0) is 23.8 Å². The van der Waals surface area contributed by atoms with Crippen LogP contribution >= 0.6 is 0 Å². The Bertz CT molecular complexity index is 1310. The minimum atomic E-state index is -3.17. The van der Waals surface area contributed by atoms with Crippen LogP contribution in [-0.4, -0.2) is 32.1 Å². The minimum Gasteiger partial charge on any atom is -0.321 e. The zero-order chi connectivity index (χ0) is 21.5. The molecule has 0 heterocycles. The predicted octanol–water partition coefficient (Wildman–Crippen LogP) is 3.26. The third-order valence-corrected chi connectivity index (χ3v) is 5.70. The summed E-state index contributed by atoms with van der Waals surface area (Å²) in [5, 5.41) is 2.71. The number of ketones is 2. The van der Waals surface area contributed by atoms with Gasteiger partial charge in [-0.3, -0.25) is 14.4 Å². The normalized spacial score (nSPS) is 12.8. The molecule has 30 heavy (non-hydrogen) atoms. The van der Waals surface area contributed by atoms with Crippen LogP contribution in [0.5, 0.6) is 0 Å². The van der Waals surface area contributed by atoms with Gasteiger partial charge in [-0.2, -0.15) is 0 Å². The summed E-state index contributed by atoms with van der Waals surface area (Å²) in [5.41, 5.74) is 2.21. The molecule has 0 fully saturated rings. The number of amides is 1. The molecule has 1 aliphatic rings. The molecule has 7 heteroatoms. The van der Waals surface area contributed by atoms with Crippen LogP contribution in [0.3, 0.4) is 0 Å². The maximum atomic E-state index is 13.0. The molecule has 3 aromatic rings. The second kappa shape index (κ2) is 7.35. The summed E-state index contributed by atoms with van der Waals surface area (Å²) in [4.78, 5) is 38.5. The van der Waals surface area contributed by atoms with E-state index in [-0.39, 0.29) is 34.1 Å². The van der Waals surface area contributed by atoms with E-state index in [9.17, 15) is 22.8 Å². The molecule has 0 atom stereocenters. The molecule has 1 amide bonds. The van der Waals surface area contributed by atoms with Gasteiger partial charge in [0.2, 0.25) is 0 Å². The van der Waals surface area contributed by atoms with E-state index in [1.165, 1.54) is 12.1 Å². The van der Waals surface area contributed by atoms with Gasteiger partial charge in [0.05, 0.1) is 17.0 Å². The summed E-state index contributed by atoms with van der Waals surface area (Å²) in [6.45, 7) is 0. The molecule has 0 radical (unpaired) electrons. The van der Waals surface area contributed by atoms with E-state index >= 15 is 0 Å². The topological polar surface area (TPSA) is 97.4 Å². The number of rotatable bonds is 4. The molecule has 1 aliphatic carbocycles. The highest BCUT2D eigenvalue weighted by molar-refractivity contribution is 7.89. The number of fused-ring (bicyclic) bond motifs is 2. The Morgan fingerprint density at radius 2 is 1.40 bits per heavy atom. The Labute approximate surface area is 173 Å². The maximum Gasteiger partial charge on any atom is 0.255 e. The summed E-state index contributed by atoms with van der Waals surface area (Å²) in [5.74, 6) is -1.16. The van der Waals surface area contributed by atoms with Gasteiger partial charge >= 0.3 is 0 Å². The predicted molar refractivity (Wildman–Crippen MR) is 113 cm³/mol. The molecule has 4 rings (SSSR count). The average Bonchev–Trinajstić information content (AvgIpc) is 2.71. The van der Waals surface area contributed by atoms with Gasteiger partial charge in [-0.25, -0.2) is 8.42 Å². The number of hydrogen-bond donors (Lipinski definition) is 1. The first-order valence-corrected chi connectivity index (χ1v) is 11.2. The van der Waals surface area contributed by atoms with Crippen molar-refractivity contribution in [2.24, 2.45) is 0 Å². The average molecular weight is 419 g/mol. The van der Waals surface area contributed by atoms with Crippen LogP contribution in [0.25, 0.3) is 0 Å². The van der Waals surface area contributed by atoms with Crippen LogP contribution < -0.4 is 5.32 Å². The van der Waals surface area contributed by atoms with Crippen molar-refractivity contribution in [1.82, 2.24) is 0 Å². The fourth-order valence-corrected chi connectivity index (χ4v) is 4.30. The lowest BCUT2D eigenvalue weighted by molar-refractivity contribution is 0.0978. The van der Waals surface area contributed by atoms with Crippen LogP contribution in [0.1, 0.15) is 47.8 Å². The lowest BCUT2D eigenvalue weighted by atomic mass is 9.83. The monoisotopic (exact) mass is 419 g/mol. The summed E-state index contributed by atoms with van der Waals surface area (Å²) in [7, 11) is -3.17. The van der Waals surface area contributed by atoms with Gasteiger partial charge in [-0.1, -0.05) is 48.5 Å². The molecule has 150 valence electrons. The van der Waals surface area contributed by atoms with Gasteiger partial charge in [0.15, 0.2) is 21.4 Å². The number of benzene rings is 3. The minimum absolute atomic E-state index is 0.114. The number of carbonyl (C=O) groups is 3. The molecule has 0 unspecified atom stereocenters. The zero-order valence-electron chi connectivity index (χ0n) is 16.0. The van der Waals surface area contributed by atoms with E-state index in [0.717, 1.165) is 6.26 Å². The van der Waals surface area contributed by atoms with E-state index in [1.807, 2.05) is 0 Å². The van der Waals surface area contributed by atoms with Gasteiger partial charge in [0.1, 0.15) is 0 Å². The molecule has 0 spiro atoms. The largest absolute Gasteiger partial charge is 0.321 e. The summed E-state index contributed by atoms with van der Waals surface area (Å²) in [6.07, 6.45) is 1.14. The quantitative estimate of drug-likeness (QED) is 0.548. The molecular weight excluding hydrogens is 402 g/mol. The van der Waals surface area contributed by atoms with Crippen LogP contribution in [0, 0.1) is 0 Å². The third kappa shape index (κ3) is 3.67. The third-order valence-electron chi connectivity index (χ3n) is 4.85. The SMILES string of the molecule is CS(=O)(=O)Cc1ccc(C(=O)Nc2cccc3c2C(=O)c2ccccc2C3=O)cc1. The number of sulfone groups is 1. The van der Waals surface area contributed by atoms with E-state index in [1.54, 1.807) is 54.6 Å². The number of nitrogens with one attached hydrogen (secondary N) is 1. The summed E-state index contributed by atoms with van der Waals surface area (Å²) in [6, 6.07) is 17.5. The van der Waals surface area contributed by atoms with Crippen molar-refractivity contribution in [2.45, 2.75) is 5.75 Å². The molecule has 6 nitrogen and oxygen atoms in total. The van der Waals surface area contributed by atoms with Crippen LogP contribution in [0.4, 0.5) is 5.69 Å². The molecule has 0 saturated carbocycles. The van der Waals surface area contributed by atoms with Crippen molar-refractivity contribution in [3.63, 3.8) is 0 Å². The molecule has 0 aliphatic heterocycles. The van der Waals surface area contributed by atoms with E-state index in [0.29, 0.717) is 22.3 Å². The number of hydrogen-bond acceptors (Lipinski definition) is 5. The smallest absolute Gasteiger partial charge is 0.255 e. The molecule has 3 aromatic carbocycles. The fourth-order valence-electron chi connectivity index (χ4n) is 3.50. The zero-order valence-corrected chi connectivity index (χ0v) is 16.8. The van der Waals surface area contributed by atoms with Gasteiger partial charge in [0, 0.05) is 28.5 Å². The molecule has 0 saturated heterocycles. The first-order valence-electron chi connectivity index (χ1n) is 9.14. The highest BCUT2D eigenvalue weighted by atomic mass is 32.2. The summed E-state index contributed by atoms with van der Waals surface area (Å²) < 4.78 is 22.8. The Morgan fingerprint density at radius 1 is 0.800 bits per heavy atom. The van der Waals surface area contributed by atoms with E-state index in [4.69, 9.17) is 0 Å². The Balaban J connectivity index is 1.65. The standard InChI is InChI=1S/C23H17NO5S/c1-30(28,29)13-14-9-11-15(12-10-14)23(27)24-19-8-4-7-18-20(19)22(26)17-6-3-2-5-16(17)21(18)25/h2-12H,13H2,1H3,(H,24,27). The van der Waals surface area contributed by atoms with Crippen LogP contribution in [-0.2, 0) is 15.6 Å². The highest BCUT2D eigenvalue weighted by Gasteiger charge is 2.31. The number of anilines is 1. The van der Waals surface area contributed by atoms with Crippen molar-refractivity contribution in [3.05, 3.63) is 100 Å². The van der Waals surface area contributed by atoms with Crippen LogP contribution in [0.15, 0.2) is 66.7 Å². The first-order chi connectivity index (χ1) is 14.2. The lowest BCUT2D eigenvalue weighted by Gasteiger charge is -2.20. The molecular formula is C23H17NO5S. The second-order valence-corrected chi connectivity index (χ2v) is 9.29. The maximum absolute atomic E-state index is 13.0. The Kier molecular flexibility index (Phi) is 4.83. The van der Waals surface area contributed by atoms with Crippen LogP contribution in [0.2, 0.25) is 0 Å². The van der Waals surface area contributed by atoms with Gasteiger partial charge in [-0.15, -0.1) is 0 Å². The molecule has 0 aromatic heterocycles. The first kappa shape index (κ1) is 19.7. The van der Waals surface area contributed by atoms with Crippen molar-refractivity contribution in [1.29, 1.82) is 0 Å². The van der Waals surface area contributed by atoms with E-state index < -0.39 is 15.7 Å². The fraction of sp³-hybridized carbons (Fsp3) is 0.0870. The highest BCUT2D eigenvalue weighted by Crippen LogP contribution is 2.32. The Morgan fingerprint density at radius 3 is 2.03 bits per heavy atom. The van der Waals surface area contributed by atoms with Crippen molar-refractivity contribution in [3.8, 4) is 0 Å². The van der Waals surface area contributed by atoms with Crippen molar-refractivity contribution >= 4 is 33.0 Å². The summed E-state index contributed by atoms with van der Waals surface area (Å²) >= 11 is 0. The second-order valence-electron chi connectivity index (χ2n) is 7.15. The van der Waals surface area contributed by atoms with Gasteiger partial charge in [0.25, 0.3) is 5.91 Å². The van der Waals surface area contributed by atoms with E-state index in [2.05, 4.69) is 5.32 Å².